The van der Waals surface area contributed by atoms with Gasteiger partial charge in [-0.25, -0.2) is 4.39 Å². The fraction of sp³-hybridized carbons (Fsp3) is 0.429. The molecule has 108 valence electrons. The zero-order valence-electron chi connectivity index (χ0n) is 11.7. The summed E-state index contributed by atoms with van der Waals surface area (Å²) >= 11 is 5.99. The van der Waals surface area contributed by atoms with Crippen molar-refractivity contribution < 1.29 is 8.91 Å². The van der Waals surface area contributed by atoms with Crippen molar-refractivity contribution >= 4 is 11.6 Å². The van der Waals surface area contributed by atoms with Gasteiger partial charge in [-0.2, -0.15) is 4.98 Å². The van der Waals surface area contributed by atoms with Gasteiger partial charge >= 0.3 is 0 Å². The molecule has 0 radical (unpaired) electrons. The zero-order valence-corrected chi connectivity index (χ0v) is 12.5. The summed E-state index contributed by atoms with van der Waals surface area (Å²) in [5.74, 6) is 0.523. The fourth-order valence-electron chi connectivity index (χ4n) is 1.96. The molecule has 2 aromatic rings. The highest BCUT2D eigenvalue weighted by Crippen LogP contribution is 2.23. The van der Waals surface area contributed by atoms with Crippen molar-refractivity contribution in [3.63, 3.8) is 0 Å². The molecule has 0 aliphatic heterocycles. The molecule has 0 spiro atoms. The molecule has 2 rings (SSSR count). The number of nitrogens with zero attached hydrogens (tertiary/aromatic N) is 2. The fourth-order valence-corrected chi connectivity index (χ4v) is 2.19. The maximum absolute atomic E-state index is 13.7. The zero-order chi connectivity index (χ0) is 14.8. The van der Waals surface area contributed by atoms with Crippen LogP contribution in [0, 0.1) is 5.82 Å². The summed E-state index contributed by atoms with van der Waals surface area (Å²) in [7, 11) is 0. The first-order valence-corrected chi connectivity index (χ1v) is 6.83. The van der Waals surface area contributed by atoms with Crippen molar-refractivity contribution in [3.05, 3.63) is 46.3 Å². The van der Waals surface area contributed by atoms with Crippen LogP contribution in [0.5, 0.6) is 0 Å². The van der Waals surface area contributed by atoms with Crippen LogP contribution in [-0.2, 0) is 12.0 Å². The molecule has 20 heavy (non-hydrogen) atoms. The van der Waals surface area contributed by atoms with Gasteiger partial charge in [0.25, 0.3) is 0 Å². The number of aromatic nitrogens is 2. The van der Waals surface area contributed by atoms with E-state index in [2.05, 4.69) is 15.5 Å². The van der Waals surface area contributed by atoms with E-state index in [-0.39, 0.29) is 12.2 Å². The Bertz CT molecular complexity index is 578. The summed E-state index contributed by atoms with van der Waals surface area (Å²) < 4.78 is 19.0. The molecule has 1 aromatic carbocycles. The second-order valence-corrected chi connectivity index (χ2v) is 5.46. The van der Waals surface area contributed by atoms with Crippen molar-refractivity contribution in [2.75, 3.05) is 6.54 Å². The van der Waals surface area contributed by atoms with Crippen LogP contribution in [0.1, 0.15) is 38.0 Å². The minimum Gasteiger partial charge on any atom is -0.337 e. The lowest BCUT2D eigenvalue weighted by atomic mass is 10.1. The molecule has 0 saturated carbocycles. The lowest BCUT2D eigenvalue weighted by Gasteiger charge is -2.20. The van der Waals surface area contributed by atoms with Crippen molar-refractivity contribution in [1.82, 2.24) is 15.5 Å². The van der Waals surface area contributed by atoms with Crippen LogP contribution in [0.4, 0.5) is 4.39 Å². The average Bonchev–Trinajstić information content (AvgIpc) is 2.83. The summed E-state index contributed by atoms with van der Waals surface area (Å²) in [6, 6.07) is 4.57. The highest BCUT2D eigenvalue weighted by molar-refractivity contribution is 6.31. The summed E-state index contributed by atoms with van der Waals surface area (Å²) in [6.07, 6.45) is 0.206. The van der Waals surface area contributed by atoms with Crippen LogP contribution in [-0.4, -0.2) is 16.7 Å². The van der Waals surface area contributed by atoms with Gasteiger partial charge in [-0.05, 0) is 32.5 Å². The number of rotatable bonds is 5. The molecule has 4 nitrogen and oxygen atoms in total. The molecule has 0 amide bonds. The Labute approximate surface area is 122 Å². The minimum atomic E-state index is -0.418. The maximum Gasteiger partial charge on any atom is 0.246 e. The van der Waals surface area contributed by atoms with Gasteiger partial charge in [-0.15, -0.1) is 0 Å². The van der Waals surface area contributed by atoms with Crippen molar-refractivity contribution in [2.24, 2.45) is 0 Å². The first-order chi connectivity index (χ1) is 9.44. The maximum atomic E-state index is 13.7. The molecular formula is C14H17ClFN3O. The highest BCUT2D eigenvalue weighted by atomic mass is 35.5. The van der Waals surface area contributed by atoms with Gasteiger partial charge < -0.3 is 9.84 Å². The lowest BCUT2D eigenvalue weighted by molar-refractivity contribution is 0.271. The van der Waals surface area contributed by atoms with Gasteiger partial charge in [0, 0.05) is 17.0 Å². The van der Waals surface area contributed by atoms with Crippen LogP contribution in [0.3, 0.4) is 0 Å². The Hall–Kier alpha value is -1.46. The third-order valence-corrected chi connectivity index (χ3v) is 3.37. The van der Waals surface area contributed by atoms with E-state index in [1.165, 1.54) is 6.07 Å². The van der Waals surface area contributed by atoms with Crippen molar-refractivity contribution in [2.45, 2.75) is 32.7 Å². The van der Waals surface area contributed by atoms with E-state index in [0.29, 0.717) is 22.3 Å². The van der Waals surface area contributed by atoms with E-state index in [1.807, 2.05) is 20.8 Å². The van der Waals surface area contributed by atoms with Gasteiger partial charge in [0.15, 0.2) is 5.82 Å². The van der Waals surface area contributed by atoms with Crippen LogP contribution >= 0.6 is 11.6 Å². The van der Waals surface area contributed by atoms with Crippen molar-refractivity contribution in [1.29, 1.82) is 0 Å². The molecule has 0 aliphatic carbocycles. The smallest absolute Gasteiger partial charge is 0.246 e. The van der Waals surface area contributed by atoms with Crippen LogP contribution in [0.25, 0.3) is 0 Å². The highest BCUT2D eigenvalue weighted by Gasteiger charge is 2.26. The first-order valence-electron chi connectivity index (χ1n) is 6.45. The third-order valence-electron chi connectivity index (χ3n) is 3.02. The largest absolute Gasteiger partial charge is 0.337 e. The first kappa shape index (κ1) is 14.9. The monoisotopic (exact) mass is 297 g/mol. The van der Waals surface area contributed by atoms with Crippen molar-refractivity contribution in [3.8, 4) is 0 Å². The summed E-state index contributed by atoms with van der Waals surface area (Å²) in [5.41, 5.74) is -0.0401. The number of hydrogen-bond donors (Lipinski definition) is 1. The molecule has 1 aromatic heterocycles. The standard InChI is InChI=1S/C14H17ClFN3O/c1-4-17-14(2,3)13-18-12(19-20-13)8-9-10(15)6-5-7-11(9)16/h5-7,17H,4,8H2,1-3H3. The Morgan fingerprint density at radius 2 is 2.15 bits per heavy atom. The topological polar surface area (TPSA) is 51.0 Å². The SMILES string of the molecule is CCNC(C)(C)c1nc(Cc2c(F)cccc2Cl)no1. The van der Waals surface area contributed by atoms with Crippen LogP contribution in [0.15, 0.2) is 22.7 Å². The molecule has 6 heteroatoms. The van der Waals surface area contributed by atoms with E-state index in [0.717, 1.165) is 6.54 Å². The van der Waals surface area contributed by atoms with Gasteiger partial charge in [0.05, 0.1) is 5.54 Å². The van der Waals surface area contributed by atoms with E-state index in [4.69, 9.17) is 16.1 Å². The molecule has 1 heterocycles. The van der Waals surface area contributed by atoms with Gasteiger partial charge in [-0.3, -0.25) is 0 Å². The molecule has 1 N–H and O–H groups in total. The molecule has 0 atom stereocenters. The predicted octanol–water partition coefficient (Wildman–Crippen LogP) is 3.30. The molecule has 0 unspecified atom stereocenters. The summed E-state index contributed by atoms with van der Waals surface area (Å²) in [6.45, 7) is 6.68. The Morgan fingerprint density at radius 3 is 2.80 bits per heavy atom. The minimum absolute atomic E-state index is 0.206. The van der Waals surface area contributed by atoms with Gasteiger partial charge in [0.1, 0.15) is 5.82 Å². The summed E-state index contributed by atoms with van der Waals surface area (Å²) in [4.78, 5) is 4.31. The average molecular weight is 298 g/mol. The second kappa shape index (κ2) is 5.89. The number of hydrogen-bond acceptors (Lipinski definition) is 4. The number of nitrogens with one attached hydrogen (secondary N) is 1. The van der Waals surface area contributed by atoms with E-state index in [9.17, 15) is 4.39 Å². The summed E-state index contributed by atoms with van der Waals surface area (Å²) in [5, 5.41) is 7.50. The Morgan fingerprint density at radius 1 is 1.40 bits per heavy atom. The van der Waals surface area contributed by atoms with E-state index >= 15 is 0 Å². The van der Waals surface area contributed by atoms with Gasteiger partial charge in [0.2, 0.25) is 5.89 Å². The molecule has 0 aliphatic rings. The third kappa shape index (κ3) is 3.16. The van der Waals surface area contributed by atoms with Crippen LogP contribution in [0.2, 0.25) is 5.02 Å². The van der Waals surface area contributed by atoms with Crippen LogP contribution < -0.4 is 5.32 Å². The number of benzene rings is 1. The Kier molecular flexibility index (Phi) is 4.40. The molecule has 0 bridgehead atoms. The Balaban J connectivity index is 2.22. The molecule has 0 saturated heterocycles. The van der Waals surface area contributed by atoms with Gasteiger partial charge in [-0.1, -0.05) is 29.7 Å². The quantitative estimate of drug-likeness (QED) is 0.920. The number of halogens is 2. The molecular weight excluding hydrogens is 281 g/mol. The predicted molar refractivity (Wildman–Crippen MR) is 75.2 cm³/mol. The normalized spacial score (nSPS) is 11.8. The van der Waals surface area contributed by atoms with E-state index in [1.54, 1.807) is 12.1 Å². The second-order valence-electron chi connectivity index (χ2n) is 5.05. The van der Waals surface area contributed by atoms with E-state index < -0.39 is 5.54 Å². The lowest BCUT2D eigenvalue weighted by Crippen LogP contribution is -2.36. The molecule has 0 fully saturated rings.